The van der Waals surface area contributed by atoms with Gasteiger partial charge in [0.25, 0.3) is 0 Å². The predicted molar refractivity (Wildman–Crippen MR) is 54.6 cm³/mol. The number of benzene rings is 1. The molecule has 1 N–H and O–H groups in total. The molecule has 0 aliphatic rings. The Morgan fingerprint density at radius 2 is 2.23 bits per heavy atom. The molecular weight excluding hydrogens is 186 g/mol. The number of rotatable bonds is 1. The molecule has 0 saturated heterocycles. The van der Waals surface area contributed by atoms with Crippen molar-refractivity contribution in [2.45, 2.75) is 6.92 Å². The van der Waals surface area contributed by atoms with Crippen LogP contribution in [0.4, 0.5) is 0 Å². The van der Waals surface area contributed by atoms with Crippen molar-refractivity contribution in [2.75, 3.05) is 7.11 Å². The summed E-state index contributed by atoms with van der Waals surface area (Å²) in [5.41, 5.74) is 1.99. The monoisotopic (exact) mass is 195 g/mol. The lowest BCUT2D eigenvalue weighted by Crippen LogP contribution is -1.88. The van der Waals surface area contributed by atoms with E-state index in [-0.39, 0.29) is 0 Å². The molecule has 1 heterocycles. The molecule has 0 amide bonds. The van der Waals surface area contributed by atoms with Gasteiger partial charge in [-0.3, -0.25) is 0 Å². The Hall–Kier alpha value is -1.15. The van der Waals surface area contributed by atoms with E-state index in [0.717, 1.165) is 22.2 Å². The highest BCUT2D eigenvalue weighted by molar-refractivity contribution is 6.36. The molecule has 0 unspecified atom stereocenters. The minimum atomic E-state index is 0.655. The molecular formula is C10H10ClNO. The van der Waals surface area contributed by atoms with Crippen molar-refractivity contribution in [3.63, 3.8) is 0 Å². The van der Waals surface area contributed by atoms with Crippen molar-refractivity contribution in [1.82, 2.24) is 4.98 Å². The largest absolute Gasteiger partial charge is 0.495 e. The zero-order chi connectivity index (χ0) is 9.42. The van der Waals surface area contributed by atoms with Crippen molar-refractivity contribution in [3.05, 3.63) is 28.9 Å². The number of aromatic amines is 1. The summed E-state index contributed by atoms with van der Waals surface area (Å²) in [6.45, 7) is 1.98. The minimum absolute atomic E-state index is 0.655. The van der Waals surface area contributed by atoms with Gasteiger partial charge in [0, 0.05) is 11.6 Å². The van der Waals surface area contributed by atoms with Crippen LogP contribution in [0.15, 0.2) is 18.3 Å². The SMILES string of the molecule is COc1c(C)cc2cc[nH]c2c1Cl. The second-order valence-electron chi connectivity index (χ2n) is 2.98. The highest BCUT2D eigenvalue weighted by Crippen LogP contribution is 2.34. The number of aryl methyl sites for hydroxylation is 1. The third-order valence-corrected chi connectivity index (χ3v) is 2.49. The van der Waals surface area contributed by atoms with E-state index in [4.69, 9.17) is 16.3 Å². The number of nitrogens with one attached hydrogen (secondary N) is 1. The van der Waals surface area contributed by atoms with Gasteiger partial charge in [-0.1, -0.05) is 11.6 Å². The van der Waals surface area contributed by atoms with Crippen LogP contribution in [0, 0.1) is 6.92 Å². The van der Waals surface area contributed by atoms with Gasteiger partial charge in [-0.15, -0.1) is 0 Å². The molecule has 2 nitrogen and oxygen atoms in total. The standard InChI is InChI=1S/C10H10ClNO/c1-6-5-7-3-4-12-9(7)8(11)10(6)13-2/h3-5,12H,1-2H3. The van der Waals surface area contributed by atoms with Gasteiger partial charge in [0.1, 0.15) is 10.8 Å². The average Bonchev–Trinajstić information content (AvgIpc) is 2.53. The first-order valence-corrected chi connectivity index (χ1v) is 4.42. The summed E-state index contributed by atoms with van der Waals surface area (Å²) < 4.78 is 5.20. The smallest absolute Gasteiger partial charge is 0.142 e. The summed E-state index contributed by atoms with van der Waals surface area (Å²) in [6.07, 6.45) is 1.87. The van der Waals surface area contributed by atoms with Crippen LogP contribution in [0.1, 0.15) is 5.56 Å². The lowest BCUT2D eigenvalue weighted by atomic mass is 10.1. The Kier molecular flexibility index (Phi) is 1.93. The molecule has 1 aromatic carbocycles. The van der Waals surface area contributed by atoms with Gasteiger partial charge in [-0.05, 0) is 24.6 Å². The molecule has 0 aliphatic heterocycles. The van der Waals surface area contributed by atoms with Gasteiger partial charge in [0.15, 0.2) is 0 Å². The molecule has 2 rings (SSSR count). The van der Waals surface area contributed by atoms with Crippen molar-refractivity contribution < 1.29 is 4.74 Å². The van der Waals surface area contributed by atoms with Gasteiger partial charge in [0.2, 0.25) is 0 Å². The molecule has 0 saturated carbocycles. The molecule has 0 bridgehead atoms. The van der Waals surface area contributed by atoms with E-state index < -0.39 is 0 Å². The van der Waals surface area contributed by atoms with E-state index in [2.05, 4.69) is 11.1 Å². The van der Waals surface area contributed by atoms with E-state index in [0.29, 0.717) is 5.02 Å². The van der Waals surface area contributed by atoms with Crippen LogP contribution in [-0.2, 0) is 0 Å². The van der Waals surface area contributed by atoms with Crippen LogP contribution in [-0.4, -0.2) is 12.1 Å². The lowest BCUT2D eigenvalue weighted by Gasteiger charge is -2.07. The van der Waals surface area contributed by atoms with Crippen molar-refractivity contribution >= 4 is 22.5 Å². The Morgan fingerprint density at radius 1 is 1.46 bits per heavy atom. The van der Waals surface area contributed by atoms with Crippen LogP contribution < -0.4 is 4.74 Å². The average molecular weight is 196 g/mol. The molecule has 68 valence electrons. The van der Waals surface area contributed by atoms with Crippen LogP contribution in [0.25, 0.3) is 10.9 Å². The number of hydrogen-bond donors (Lipinski definition) is 1. The fraction of sp³-hybridized carbons (Fsp3) is 0.200. The first-order chi connectivity index (χ1) is 6.24. The fourth-order valence-corrected chi connectivity index (χ4v) is 1.92. The molecule has 3 heteroatoms. The zero-order valence-corrected chi connectivity index (χ0v) is 8.27. The van der Waals surface area contributed by atoms with Crippen LogP contribution >= 0.6 is 11.6 Å². The Bertz CT molecular complexity index is 447. The number of aromatic nitrogens is 1. The van der Waals surface area contributed by atoms with Crippen LogP contribution in [0.2, 0.25) is 5.02 Å². The minimum Gasteiger partial charge on any atom is -0.495 e. The first-order valence-electron chi connectivity index (χ1n) is 4.04. The number of halogens is 1. The van der Waals surface area contributed by atoms with Crippen molar-refractivity contribution in [3.8, 4) is 5.75 Å². The summed E-state index contributed by atoms with van der Waals surface area (Å²) in [5.74, 6) is 0.747. The van der Waals surface area contributed by atoms with Gasteiger partial charge in [0.05, 0.1) is 12.6 Å². The Morgan fingerprint density at radius 3 is 2.92 bits per heavy atom. The van der Waals surface area contributed by atoms with Crippen LogP contribution in [0.3, 0.4) is 0 Å². The highest BCUT2D eigenvalue weighted by atomic mass is 35.5. The third kappa shape index (κ3) is 1.18. The molecule has 13 heavy (non-hydrogen) atoms. The number of fused-ring (bicyclic) bond motifs is 1. The maximum Gasteiger partial charge on any atom is 0.142 e. The van der Waals surface area contributed by atoms with Crippen LogP contribution in [0.5, 0.6) is 5.75 Å². The number of ether oxygens (including phenoxy) is 1. The molecule has 0 radical (unpaired) electrons. The second-order valence-corrected chi connectivity index (χ2v) is 3.36. The van der Waals surface area contributed by atoms with E-state index in [1.165, 1.54) is 0 Å². The van der Waals surface area contributed by atoms with E-state index >= 15 is 0 Å². The molecule has 0 atom stereocenters. The Labute approximate surface area is 81.5 Å². The third-order valence-electron chi connectivity index (χ3n) is 2.13. The predicted octanol–water partition coefficient (Wildman–Crippen LogP) is 3.14. The van der Waals surface area contributed by atoms with E-state index in [1.54, 1.807) is 7.11 Å². The topological polar surface area (TPSA) is 25.0 Å². The van der Waals surface area contributed by atoms with Gasteiger partial charge < -0.3 is 9.72 Å². The van der Waals surface area contributed by atoms with Crippen molar-refractivity contribution in [1.29, 1.82) is 0 Å². The number of methoxy groups -OCH3 is 1. The second kappa shape index (κ2) is 2.96. The summed E-state index contributed by atoms with van der Waals surface area (Å²) in [7, 11) is 1.63. The maximum absolute atomic E-state index is 6.13. The zero-order valence-electron chi connectivity index (χ0n) is 7.52. The maximum atomic E-state index is 6.13. The normalized spacial score (nSPS) is 10.7. The summed E-state index contributed by atoms with van der Waals surface area (Å²) in [4.78, 5) is 3.08. The fourth-order valence-electron chi connectivity index (χ4n) is 1.53. The van der Waals surface area contributed by atoms with Gasteiger partial charge >= 0.3 is 0 Å². The molecule has 0 fully saturated rings. The van der Waals surface area contributed by atoms with Gasteiger partial charge in [-0.25, -0.2) is 0 Å². The first kappa shape index (κ1) is 8.45. The Balaban J connectivity index is 2.85. The summed E-state index contributed by atoms with van der Waals surface area (Å²) in [6, 6.07) is 4.05. The summed E-state index contributed by atoms with van der Waals surface area (Å²) in [5, 5.41) is 1.77. The van der Waals surface area contributed by atoms with E-state index in [9.17, 15) is 0 Å². The lowest BCUT2D eigenvalue weighted by molar-refractivity contribution is 0.412. The molecule has 2 aromatic rings. The van der Waals surface area contributed by atoms with Gasteiger partial charge in [-0.2, -0.15) is 0 Å². The quantitative estimate of drug-likeness (QED) is 0.743. The molecule has 0 spiro atoms. The number of hydrogen-bond acceptors (Lipinski definition) is 1. The highest BCUT2D eigenvalue weighted by Gasteiger charge is 2.09. The molecule has 1 aromatic heterocycles. The van der Waals surface area contributed by atoms with E-state index in [1.807, 2.05) is 19.2 Å². The molecule has 0 aliphatic carbocycles. The number of H-pyrrole nitrogens is 1. The summed E-state index contributed by atoms with van der Waals surface area (Å²) >= 11 is 6.13. The van der Waals surface area contributed by atoms with Crippen molar-refractivity contribution in [2.24, 2.45) is 0 Å².